The summed E-state index contributed by atoms with van der Waals surface area (Å²) in [5.74, 6) is 0.888. The molecule has 96 valence electrons. The fourth-order valence-electron chi connectivity index (χ4n) is 3.42. The highest BCUT2D eigenvalue weighted by Gasteiger charge is 2.37. The van der Waals surface area contributed by atoms with E-state index in [1.807, 2.05) is 0 Å². The number of hydrogen-bond donors (Lipinski definition) is 1. The van der Waals surface area contributed by atoms with Crippen LogP contribution in [-0.2, 0) is 0 Å². The van der Waals surface area contributed by atoms with Crippen LogP contribution in [0.15, 0.2) is 0 Å². The molecule has 0 heterocycles. The van der Waals surface area contributed by atoms with Gasteiger partial charge in [-0.2, -0.15) is 0 Å². The van der Waals surface area contributed by atoms with E-state index < -0.39 is 0 Å². The number of likely N-dealkylation sites (N-methyl/N-ethyl adjacent to an activating group) is 1. The molecule has 0 aliphatic heterocycles. The summed E-state index contributed by atoms with van der Waals surface area (Å²) < 4.78 is 0. The SMILES string of the molecule is CCN(C(C)C)C1(CN)CCCC(C)CC1. The Kier molecular flexibility index (Phi) is 5.26. The van der Waals surface area contributed by atoms with Crippen LogP contribution in [0.4, 0.5) is 0 Å². The van der Waals surface area contributed by atoms with E-state index in [1.165, 1.54) is 32.1 Å². The van der Waals surface area contributed by atoms with Crippen molar-refractivity contribution in [2.24, 2.45) is 11.7 Å². The molecular weight excluding hydrogens is 196 g/mol. The minimum Gasteiger partial charge on any atom is -0.329 e. The van der Waals surface area contributed by atoms with Gasteiger partial charge < -0.3 is 5.73 Å². The monoisotopic (exact) mass is 226 g/mol. The van der Waals surface area contributed by atoms with Crippen LogP contribution in [0.5, 0.6) is 0 Å². The summed E-state index contributed by atoms with van der Waals surface area (Å²) in [5.41, 5.74) is 6.41. The fourth-order valence-corrected chi connectivity index (χ4v) is 3.42. The van der Waals surface area contributed by atoms with Crippen molar-refractivity contribution in [2.45, 2.75) is 71.4 Å². The number of nitrogens with two attached hydrogens (primary N) is 1. The van der Waals surface area contributed by atoms with Gasteiger partial charge in [-0.15, -0.1) is 0 Å². The Bertz CT molecular complexity index is 203. The molecule has 2 atom stereocenters. The molecule has 0 bridgehead atoms. The molecule has 0 radical (unpaired) electrons. The molecule has 0 aromatic heterocycles. The molecule has 1 saturated carbocycles. The minimum atomic E-state index is 0.285. The standard InChI is InChI=1S/C14H30N2/c1-5-16(12(2)3)14(11-15)9-6-7-13(4)8-10-14/h12-13H,5-11,15H2,1-4H3. The molecule has 0 aromatic carbocycles. The largest absolute Gasteiger partial charge is 0.329 e. The van der Waals surface area contributed by atoms with Gasteiger partial charge in [-0.3, -0.25) is 4.90 Å². The molecule has 2 N–H and O–H groups in total. The van der Waals surface area contributed by atoms with Gasteiger partial charge in [-0.1, -0.05) is 26.7 Å². The number of hydrogen-bond acceptors (Lipinski definition) is 2. The van der Waals surface area contributed by atoms with Gasteiger partial charge in [0, 0.05) is 18.1 Å². The Morgan fingerprint density at radius 2 is 2.00 bits per heavy atom. The molecule has 0 aromatic rings. The van der Waals surface area contributed by atoms with E-state index in [4.69, 9.17) is 5.73 Å². The maximum absolute atomic E-state index is 6.13. The topological polar surface area (TPSA) is 29.3 Å². The third-order valence-electron chi connectivity index (χ3n) is 4.39. The van der Waals surface area contributed by atoms with Crippen molar-refractivity contribution in [1.29, 1.82) is 0 Å². The van der Waals surface area contributed by atoms with E-state index in [0.717, 1.165) is 19.0 Å². The van der Waals surface area contributed by atoms with Crippen molar-refractivity contribution in [1.82, 2.24) is 4.90 Å². The van der Waals surface area contributed by atoms with E-state index in [0.29, 0.717) is 6.04 Å². The third-order valence-corrected chi connectivity index (χ3v) is 4.39. The van der Waals surface area contributed by atoms with Gasteiger partial charge in [0.1, 0.15) is 0 Å². The van der Waals surface area contributed by atoms with E-state index in [9.17, 15) is 0 Å². The van der Waals surface area contributed by atoms with E-state index >= 15 is 0 Å². The Hall–Kier alpha value is -0.0800. The van der Waals surface area contributed by atoms with Crippen molar-refractivity contribution in [2.75, 3.05) is 13.1 Å². The fraction of sp³-hybridized carbons (Fsp3) is 1.00. The van der Waals surface area contributed by atoms with Crippen LogP contribution >= 0.6 is 0 Å². The second-order valence-corrected chi connectivity index (χ2v) is 5.84. The molecule has 0 spiro atoms. The zero-order valence-electron chi connectivity index (χ0n) is 11.6. The summed E-state index contributed by atoms with van der Waals surface area (Å²) in [6, 6.07) is 0.613. The van der Waals surface area contributed by atoms with Crippen LogP contribution in [0.3, 0.4) is 0 Å². The lowest BCUT2D eigenvalue weighted by Crippen LogP contribution is -2.56. The van der Waals surface area contributed by atoms with Gasteiger partial charge in [0.05, 0.1) is 0 Å². The Morgan fingerprint density at radius 3 is 2.50 bits per heavy atom. The lowest BCUT2D eigenvalue weighted by atomic mass is 9.86. The summed E-state index contributed by atoms with van der Waals surface area (Å²) in [6.45, 7) is 11.2. The molecule has 1 fully saturated rings. The van der Waals surface area contributed by atoms with Crippen LogP contribution in [0.2, 0.25) is 0 Å². The van der Waals surface area contributed by atoms with Gasteiger partial charge in [-0.05, 0) is 45.6 Å². The van der Waals surface area contributed by atoms with Crippen LogP contribution in [0, 0.1) is 5.92 Å². The first-order valence-corrected chi connectivity index (χ1v) is 7.02. The Balaban J connectivity index is 2.81. The first kappa shape index (κ1) is 14.0. The summed E-state index contributed by atoms with van der Waals surface area (Å²) in [4.78, 5) is 2.63. The highest BCUT2D eigenvalue weighted by Crippen LogP contribution is 2.35. The zero-order valence-corrected chi connectivity index (χ0v) is 11.6. The Labute approximate surface area is 102 Å². The molecule has 2 heteroatoms. The van der Waals surface area contributed by atoms with E-state index in [-0.39, 0.29) is 5.54 Å². The summed E-state index contributed by atoms with van der Waals surface area (Å²) in [6.07, 6.45) is 6.66. The maximum atomic E-state index is 6.13. The molecule has 1 aliphatic rings. The highest BCUT2D eigenvalue weighted by atomic mass is 15.2. The summed E-state index contributed by atoms with van der Waals surface area (Å²) in [7, 11) is 0. The predicted molar refractivity (Wildman–Crippen MR) is 71.6 cm³/mol. The first-order valence-electron chi connectivity index (χ1n) is 7.02. The molecule has 2 nitrogen and oxygen atoms in total. The van der Waals surface area contributed by atoms with Gasteiger partial charge in [0.15, 0.2) is 0 Å². The van der Waals surface area contributed by atoms with Gasteiger partial charge >= 0.3 is 0 Å². The smallest absolute Gasteiger partial charge is 0.0334 e. The molecule has 2 unspecified atom stereocenters. The first-order chi connectivity index (χ1) is 7.55. The van der Waals surface area contributed by atoms with Crippen LogP contribution < -0.4 is 5.73 Å². The second-order valence-electron chi connectivity index (χ2n) is 5.84. The van der Waals surface area contributed by atoms with E-state index in [2.05, 4.69) is 32.6 Å². The van der Waals surface area contributed by atoms with Crippen molar-refractivity contribution in [3.63, 3.8) is 0 Å². The van der Waals surface area contributed by atoms with E-state index in [1.54, 1.807) is 0 Å². The van der Waals surface area contributed by atoms with Crippen molar-refractivity contribution < 1.29 is 0 Å². The summed E-state index contributed by atoms with van der Waals surface area (Å²) >= 11 is 0. The van der Waals surface area contributed by atoms with Gasteiger partial charge in [0.25, 0.3) is 0 Å². The quantitative estimate of drug-likeness (QED) is 0.747. The van der Waals surface area contributed by atoms with Crippen LogP contribution in [-0.4, -0.2) is 29.6 Å². The molecule has 1 rings (SSSR count). The number of rotatable bonds is 4. The zero-order chi connectivity index (χ0) is 12.2. The van der Waals surface area contributed by atoms with Crippen molar-refractivity contribution >= 4 is 0 Å². The normalized spacial score (nSPS) is 32.1. The third kappa shape index (κ3) is 2.98. The minimum absolute atomic E-state index is 0.285. The predicted octanol–water partition coefficient (Wildman–Crippen LogP) is 3.01. The molecule has 1 aliphatic carbocycles. The molecule has 0 saturated heterocycles. The maximum Gasteiger partial charge on any atom is 0.0334 e. The van der Waals surface area contributed by atoms with Crippen LogP contribution in [0.1, 0.15) is 59.8 Å². The molecular formula is C14H30N2. The van der Waals surface area contributed by atoms with Crippen LogP contribution in [0.25, 0.3) is 0 Å². The van der Waals surface area contributed by atoms with Crippen molar-refractivity contribution in [3.8, 4) is 0 Å². The van der Waals surface area contributed by atoms with Gasteiger partial charge in [0.2, 0.25) is 0 Å². The lowest BCUT2D eigenvalue weighted by molar-refractivity contribution is 0.0527. The number of nitrogens with zero attached hydrogens (tertiary/aromatic N) is 1. The van der Waals surface area contributed by atoms with Crippen molar-refractivity contribution in [3.05, 3.63) is 0 Å². The molecule has 0 amide bonds. The average Bonchev–Trinajstić information content (AvgIpc) is 2.42. The van der Waals surface area contributed by atoms with Gasteiger partial charge in [-0.25, -0.2) is 0 Å². The lowest BCUT2D eigenvalue weighted by Gasteiger charge is -2.45. The molecule has 16 heavy (non-hydrogen) atoms. The average molecular weight is 226 g/mol. The highest BCUT2D eigenvalue weighted by molar-refractivity contribution is 4.94. The second kappa shape index (κ2) is 6.02. The summed E-state index contributed by atoms with van der Waals surface area (Å²) in [5, 5.41) is 0. The Morgan fingerprint density at radius 1 is 1.31 bits per heavy atom.